The van der Waals surface area contributed by atoms with E-state index in [1.165, 1.54) is 16.7 Å². The predicted octanol–water partition coefficient (Wildman–Crippen LogP) is 6.04. The number of rotatable bonds is 6. The van der Waals surface area contributed by atoms with Crippen LogP contribution < -0.4 is 4.74 Å². The SMILES string of the molecule is CCC[C@@H](Oc1ccc(C)cc1C(C)C)c1ccccc1. The molecule has 0 saturated carbocycles. The van der Waals surface area contributed by atoms with Gasteiger partial charge in [0, 0.05) is 0 Å². The monoisotopic (exact) mass is 282 g/mol. The lowest BCUT2D eigenvalue weighted by Crippen LogP contribution is -2.09. The third-order valence-corrected chi connectivity index (χ3v) is 3.78. The Morgan fingerprint density at radius 3 is 2.33 bits per heavy atom. The number of aryl methyl sites for hydroxylation is 1. The summed E-state index contributed by atoms with van der Waals surface area (Å²) in [5.41, 5.74) is 3.85. The summed E-state index contributed by atoms with van der Waals surface area (Å²) in [6.45, 7) is 8.78. The first kappa shape index (κ1) is 15.6. The van der Waals surface area contributed by atoms with E-state index in [2.05, 4.69) is 76.2 Å². The van der Waals surface area contributed by atoms with Crippen LogP contribution >= 0.6 is 0 Å². The van der Waals surface area contributed by atoms with Crippen LogP contribution in [-0.2, 0) is 0 Å². The summed E-state index contributed by atoms with van der Waals surface area (Å²) in [6, 6.07) is 17.0. The second kappa shape index (κ2) is 7.31. The van der Waals surface area contributed by atoms with Crippen LogP contribution in [-0.4, -0.2) is 0 Å². The van der Waals surface area contributed by atoms with Gasteiger partial charge in [0.25, 0.3) is 0 Å². The van der Waals surface area contributed by atoms with E-state index in [1.807, 2.05) is 0 Å². The topological polar surface area (TPSA) is 9.23 Å². The molecular formula is C20H26O. The second-order valence-corrected chi connectivity index (χ2v) is 6.00. The number of hydrogen-bond donors (Lipinski definition) is 0. The highest BCUT2D eigenvalue weighted by molar-refractivity contribution is 5.39. The zero-order chi connectivity index (χ0) is 15.2. The number of hydrogen-bond acceptors (Lipinski definition) is 1. The lowest BCUT2D eigenvalue weighted by Gasteiger charge is -2.22. The molecule has 0 unspecified atom stereocenters. The van der Waals surface area contributed by atoms with Gasteiger partial charge in [-0.3, -0.25) is 0 Å². The van der Waals surface area contributed by atoms with Crippen molar-refractivity contribution in [2.75, 3.05) is 0 Å². The van der Waals surface area contributed by atoms with Gasteiger partial charge in [-0.05, 0) is 36.5 Å². The fourth-order valence-corrected chi connectivity index (χ4v) is 2.60. The summed E-state index contributed by atoms with van der Waals surface area (Å²) < 4.78 is 6.39. The summed E-state index contributed by atoms with van der Waals surface area (Å²) in [4.78, 5) is 0. The van der Waals surface area contributed by atoms with Gasteiger partial charge in [0.05, 0.1) is 0 Å². The molecule has 0 N–H and O–H groups in total. The highest BCUT2D eigenvalue weighted by Crippen LogP contribution is 2.32. The van der Waals surface area contributed by atoms with Gasteiger partial charge in [0.15, 0.2) is 0 Å². The van der Waals surface area contributed by atoms with E-state index >= 15 is 0 Å². The minimum Gasteiger partial charge on any atom is -0.485 e. The molecule has 1 nitrogen and oxygen atoms in total. The van der Waals surface area contributed by atoms with E-state index < -0.39 is 0 Å². The average molecular weight is 282 g/mol. The standard InChI is InChI=1S/C20H26O/c1-5-9-19(17-10-7-6-8-11-17)21-20-13-12-16(4)14-18(20)15(2)3/h6-8,10-15,19H,5,9H2,1-4H3/t19-/m1/s1. The lowest BCUT2D eigenvalue weighted by atomic mass is 9.99. The van der Waals surface area contributed by atoms with E-state index in [-0.39, 0.29) is 6.10 Å². The molecule has 0 saturated heterocycles. The third kappa shape index (κ3) is 4.10. The Balaban J connectivity index is 2.29. The highest BCUT2D eigenvalue weighted by atomic mass is 16.5. The van der Waals surface area contributed by atoms with Crippen molar-refractivity contribution < 1.29 is 4.74 Å². The molecule has 0 aliphatic carbocycles. The molecule has 0 aromatic heterocycles. The summed E-state index contributed by atoms with van der Waals surface area (Å²) in [7, 11) is 0. The zero-order valence-corrected chi connectivity index (χ0v) is 13.6. The van der Waals surface area contributed by atoms with Crippen molar-refractivity contribution in [1.29, 1.82) is 0 Å². The molecule has 2 aromatic rings. The van der Waals surface area contributed by atoms with E-state index in [1.54, 1.807) is 0 Å². The molecule has 112 valence electrons. The van der Waals surface area contributed by atoms with Crippen LogP contribution in [0.2, 0.25) is 0 Å². The van der Waals surface area contributed by atoms with Crippen molar-refractivity contribution >= 4 is 0 Å². The highest BCUT2D eigenvalue weighted by Gasteiger charge is 2.15. The van der Waals surface area contributed by atoms with Gasteiger partial charge in [-0.1, -0.05) is 75.2 Å². The van der Waals surface area contributed by atoms with Gasteiger partial charge in [-0.2, -0.15) is 0 Å². The maximum atomic E-state index is 6.39. The van der Waals surface area contributed by atoms with Crippen LogP contribution in [0.3, 0.4) is 0 Å². The first-order valence-corrected chi connectivity index (χ1v) is 7.94. The molecule has 0 heterocycles. The van der Waals surface area contributed by atoms with Crippen LogP contribution in [0, 0.1) is 6.92 Å². The normalized spacial score (nSPS) is 12.4. The molecule has 0 radical (unpaired) electrons. The Hall–Kier alpha value is -1.76. The van der Waals surface area contributed by atoms with E-state index in [4.69, 9.17) is 4.74 Å². The number of ether oxygens (including phenoxy) is 1. The zero-order valence-electron chi connectivity index (χ0n) is 13.6. The molecule has 1 heteroatoms. The van der Waals surface area contributed by atoms with Crippen LogP contribution in [0.4, 0.5) is 0 Å². The van der Waals surface area contributed by atoms with E-state index in [9.17, 15) is 0 Å². The molecule has 0 amide bonds. The maximum Gasteiger partial charge on any atom is 0.124 e. The third-order valence-electron chi connectivity index (χ3n) is 3.78. The van der Waals surface area contributed by atoms with Gasteiger partial charge in [0.1, 0.15) is 11.9 Å². The molecule has 0 fully saturated rings. The van der Waals surface area contributed by atoms with Crippen molar-refractivity contribution in [3.05, 3.63) is 65.2 Å². The van der Waals surface area contributed by atoms with Crippen LogP contribution in [0.25, 0.3) is 0 Å². The van der Waals surface area contributed by atoms with Crippen LogP contribution in [0.15, 0.2) is 48.5 Å². The van der Waals surface area contributed by atoms with Gasteiger partial charge in [-0.15, -0.1) is 0 Å². The number of benzene rings is 2. The van der Waals surface area contributed by atoms with Crippen molar-refractivity contribution in [3.63, 3.8) is 0 Å². The van der Waals surface area contributed by atoms with Crippen molar-refractivity contribution in [2.45, 2.75) is 52.6 Å². The Labute approximate surface area is 129 Å². The van der Waals surface area contributed by atoms with Crippen molar-refractivity contribution in [1.82, 2.24) is 0 Å². The molecule has 0 bridgehead atoms. The fraction of sp³-hybridized carbons (Fsp3) is 0.400. The Bertz CT molecular complexity index is 557. The smallest absolute Gasteiger partial charge is 0.124 e. The van der Waals surface area contributed by atoms with Crippen LogP contribution in [0.5, 0.6) is 5.75 Å². The molecular weight excluding hydrogens is 256 g/mol. The van der Waals surface area contributed by atoms with E-state index in [0.717, 1.165) is 18.6 Å². The molecule has 2 rings (SSSR count). The largest absolute Gasteiger partial charge is 0.485 e. The molecule has 2 aromatic carbocycles. The molecule has 0 spiro atoms. The predicted molar refractivity (Wildman–Crippen MR) is 90.0 cm³/mol. The molecule has 1 atom stereocenters. The average Bonchev–Trinajstić information content (AvgIpc) is 2.49. The van der Waals surface area contributed by atoms with Gasteiger partial charge in [-0.25, -0.2) is 0 Å². The van der Waals surface area contributed by atoms with Gasteiger partial charge >= 0.3 is 0 Å². The Morgan fingerprint density at radius 2 is 1.71 bits per heavy atom. The van der Waals surface area contributed by atoms with Crippen molar-refractivity contribution in [3.8, 4) is 5.75 Å². The lowest BCUT2D eigenvalue weighted by molar-refractivity contribution is 0.191. The van der Waals surface area contributed by atoms with Gasteiger partial charge < -0.3 is 4.74 Å². The second-order valence-electron chi connectivity index (χ2n) is 6.00. The quantitative estimate of drug-likeness (QED) is 0.627. The Kier molecular flexibility index (Phi) is 5.44. The fourth-order valence-electron chi connectivity index (χ4n) is 2.60. The van der Waals surface area contributed by atoms with Gasteiger partial charge in [0.2, 0.25) is 0 Å². The first-order chi connectivity index (χ1) is 10.1. The molecule has 21 heavy (non-hydrogen) atoms. The maximum absolute atomic E-state index is 6.39. The molecule has 0 aliphatic heterocycles. The Morgan fingerprint density at radius 1 is 1.00 bits per heavy atom. The van der Waals surface area contributed by atoms with E-state index in [0.29, 0.717) is 5.92 Å². The summed E-state index contributed by atoms with van der Waals surface area (Å²) in [6.07, 6.45) is 2.29. The minimum atomic E-state index is 0.136. The van der Waals surface area contributed by atoms with Crippen LogP contribution in [0.1, 0.15) is 62.3 Å². The summed E-state index contributed by atoms with van der Waals surface area (Å²) in [5, 5.41) is 0. The molecule has 0 aliphatic rings. The van der Waals surface area contributed by atoms with Crippen molar-refractivity contribution in [2.24, 2.45) is 0 Å². The first-order valence-electron chi connectivity index (χ1n) is 7.94. The minimum absolute atomic E-state index is 0.136. The summed E-state index contributed by atoms with van der Waals surface area (Å²) in [5.74, 6) is 1.50. The summed E-state index contributed by atoms with van der Waals surface area (Å²) >= 11 is 0.